The van der Waals surface area contributed by atoms with Gasteiger partial charge < -0.3 is 30.1 Å². The number of likely N-dealkylation sites (tertiary alicyclic amines) is 1. The molecule has 0 aliphatic carbocycles. The number of allylic oxidation sites excluding steroid dienone is 1. The maximum absolute atomic E-state index is 12.8. The average molecular weight is 434 g/mol. The van der Waals surface area contributed by atoms with Crippen LogP contribution in [0.1, 0.15) is 38.2 Å². The van der Waals surface area contributed by atoms with Crippen LogP contribution in [0, 0.1) is 11.8 Å². The molecule has 7 nitrogen and oxygen atoms in total. The molecule has 7 heteroatoms. The van der Waals surface area contributed by atoms with E-state index < -0.39 is 5.60 Å². The molecular formula is C24H39N3O4. The number of aliphatic hydroxyl groups is 2. The minimum absolute atomic E-state index is 0.103. The number of amides is 2. The number of hydrogen-bond acceptors (Lipinski definition) is 5. The van der Waals surface area contributed by atoms with Crippen molar-refractivity contribution in [3.05, 3.63) is 42.2 Å². The number of aliphatic hydroxyl groups excluding tert-OH is 1. The summed E-state index contributed by atoms with van der Waals surface area (Å²) < 4.78 is 5.35. The highest BCUT2D eigenvalue weighted by Gasteiger charge is 2.44. The van der Waals surface area contributed by atoms with Crippen molar-refractivity contribution in [3.63, 3.8) is 0 Å². The molecule has 1 aliphatic rings. The Morgan fingerprint density at radius 3 is 2.81 bits per heavy atom. The van der Waals surface area contributed by atoms with E-state index in [-0.39, 0.29) is 17.7 Å². The standard InChI is InChI=1S/C24H39N3O4/c1-6-19(14-18(2)28)10-12-25-23(29)27-13-11-24(30,21(17-27)16-26(3)4)20-8-7-9-22(15-20)31-5/h7-9,15,19,21,28,30H,2,6,10-14,16-17H2,1,3-5H3,(H,25,29). The first-order chi connectivity index (χ1) is 14.7. The number of rotatable bonds is 10. The van der Waals surface area contributed by atoms with Gasteiger partial charge in [-0.25, -0.2) is 4.79 Å². The molecule has 1 aromatic rings. The van der Waals surface area contributed by atoms with Crippen LogP contribution in [0.2, 0.25) is 0 Å². The van der Waals surface area contributed by atoms with Crippen LogP contribution in [-0.2, 0) is 5.60 Å². The Morgan fingerprint density at radius 1 is 1.45 bits per heavy atom. The Labute approximate surface area is 186 Å². The summed E-state index contributed by atoms with van der Waals surface area (Å²) in [5.74, 6) is 1.08. The predicted molar refractivity (Wildman–Crippen MR) is 123 cm³/mol. The second-order valence-electron chi connectivity index (χ2n) is 8.88. The van der Waals surface area contributed by atoms with Crippen LogP contribution >= 0.6 is 0 Å². The minimum Gasteiger partial charge on any atom is -0.513 e. The fourth-order valence-electron chi connectivity index (χ4n) is 4.40. The minimum atomic E-state index is -1.02. The third-order valence-electron chi connectivity index (χ3n) is 6.25. The molecule has 31 heavy (non-hydrogen) atoms. The van der Waals surface area contributed by atoms with Gasteiger partial charge in [-0.05, 0) is 50.6 Å². The van der Waals surface area contributed by atoms with Gasteiger partial charge in [0.1, 0.15) is 5.75 Å². The molecule has 0 radical (unpaired) electrons. The molecule has 0 aromatic heterocycles. The maximum Gasteiger partial charge on any atom is 0.317 e. The molecule has 0 spiro atoms. The smallest absolute Gasteiger partial charge is 0.317 e. The van der Waals surface area contributed by atoms with Gasteiger partial charge >= 0.3 is 6.03 Å². The molecule has 0 saturated carbocycles. The number of hydrogen-bond donors (Lipinski definition) is 3. The zero-order chi connectivity index (χ0) is 23.0. The summed E-state index contributed by atoms with van der Waals surface area (Å²) in [4.78, 5) is 16.6. The van der Waals surface area contributed by atoms with E-state index in [0.29, 0.717) is 50.7 Å². The normalized spacial score (nSPS) is 22.3. The lowest BCUT2D eigenvalue weighted by Gasteiger charge is -2.46. The van der Waals surface area contributed by atoms with Crippen LogP contribution in [0.25, 0.3) is 0 Å². The highest BCUT2D eigenvalue weighted by Crippen LogP contribution is 2.39. The van der Waals surface area contributed by atoms with Crippen LogP contribution in [0.4, 0.5) is 4.79 Å². The average Bonchev–Trinajstić information content (AvgIpc) is 2.73. The third kappa shape index (κ3) is 6.87. The van der Waals surface area contributed by atoms with E-state index in [1.54, 1.807) is 12.0 Å². The molecule has 1 saturated heterocycles. The van der Waals surface area contributed by atoms with Gasteiger partial charge in [-0.2, -0.15) is 0 Å². The Balaban J connectivity index is 2.04. The van der Waals surface area contributed by atoms with Crippen molar-refractivity contribution in [2.75, 3.05) is 47.4 Å². The molecule has 1 aromatic carbocycles. The van der Waals surface area contributed by atoms with Gasteiger partial charge in [0.2, 0.25) is 0 Å². The summed E-state index contributed by atoms with van der Waals surface area (Å²) in [6.45, 7) is 7.81. The van der Waals surface area contributed by atoms with Gasteiger partial charge in [0, 0.05) is 38.5 Å². The van der Waals surface area contributed by atoms with Gasteiger partial charge in [-0.3, -0.25) is 0 Å². The molecule has 3 unspecified atom stereocenters. The van der Waals surface area contributed by atoms with Crippen molar-refractivity contribution in [2.24, 2.45) is 11.8 Å². The molecule has 0 bridgehead atoms. The second kappa shape index (κ2) is 11.4. The van der Waals surface area contributed by atoms with Gasteiger partial charge in [-0.1, -0.05) is 32.1 Å². The van der Waals surface area contributed by atoms with Crippen LogP contribution in [0.15, 0.2) is 36.6 Å². The van der Waals surface area contributed by atoms with Crippen molar-refractivity contribution in [1.82, 2.24) is 15.1 Å². The maximum atomic E-state index is 12.8. The molecule has 1 heterocycles. The van der Waals surface area contributed by atoms with E-state index in [1.807, 2.05) is 43.3 Å². The van der Waals surface area contributed by atoms with Gasteiger partial charge in [0.05, 0.1) is 18.5 Å². The Morgan fingerprint density at radius 2 is 2.19 bits per heavy atom. The van der Waals surface area contributed by atoms with E-state index in [0.717, 1.165) is 18.4 Å². The number of piperidine rings is 1. The topological polar surface area (TPSA) is 85.3 Å². The molecule has 2 rings (SSSR count). The van der Waals surface area contributed by atoms with Gasteiger partial charge in [0.25, 0.3) is 0 Å². The van der Waals surface area contributed by atoms with E-state index >= 15 is 0 Å². The summed E-state index contributed by atoms with van der Waals surface area (Å²) in [5, 5.41) is 24.1. The van der Waals surface area contributed by atoms with Crippen molar-refractivity contribution in [3.8, 4) is 5.75 Å². The number of urea groups is 1. The number of ether oxygens (including phenoxy) is 1. The number of nitrogens with one attached hydrogen (secondary N) is 1. The molecule has 1 fully saturated rings. The fourth-order valence-corrected chi connectivity index (χ4v) is 4.40. The molecule has 1 aliphatic heterocycles. The molecule has 174 valence electrons. The van der Waals surface area contributed by atoms with Crippen LogP contribution in [0.3, 0.4) is 0 Å². The van der Waals surface area contributed by atoms with Crippen molar-refractivity contribution in [1.29, 1.82) is 0 Å². The highest BCUT2D eigenvalue weighted by molar-refractivity contribution is 5.74. The first-order valence-corrected chi connectivity index (χ1v) is 11.1. The summed E-state index contributed by atoms with van der Waals surface area (Å²) >= 11 is 0. The zero-order valence-corrected chi connectivity index (χ0v) is 19.4. The van der Waals surface area contributed by atoms with Gasteiger partial charge in [-0.15, -0.1) is 0 Å². The monoisotopic (exact) mass is 433 g/mol. The van der Waals surface area contributed by atoms with Crippen molar-refractivity contribution in [2.45, 2.75) is 38.2 Å². The van der Waals surface area contributed by atoms with Crippen LogP contribution in [-0.4, -0.2) is 73.4 Å². The molecule has 3 atom stereocenters. The lowest BCUT2D eigenvalue weighted by Crippen LogP contribution is -2.56. The zero-order valence-electron chi connectivity index (χ0n) is 19.4. The SMILES string of the molecule is C=C(O)CC(CC)CCNC(=O)N1CCC(O)(c2cccc(OC)c2)C(CN(C)C)C1. The largest absolute Gasteiger partial charge is 0.513 e. The van der Waals surface area contributed by atoms with Crippen LogP contribution in [0.5, 0.6) is 5.75 Å². The summed E-state index contributed by atoms with van der Waals surface area (Å²) in [7, 11) is 5.57. The third-order valence-corrected chi connectivity index (χ3v) is 6.25. The summed E-state index contributed by atoms with van der Waals surface area (Å²) in [6, 6.07) is 7.48. The molecular weight excluding hydrogens is 394 g/mol. The Bertz CT molecular complexity index is 739. The number of carbonyl (C=O) groups is 1. The number of benzene rings is 1. The summed E-state index contributed by atoms with van der Waals surface area (Å²) in [5.41, 5.74) is -0.196. The quantitative estimate of drug-likeness (QED) is 0.493. The molecule has 3 N–H and O–H groups in total. The number of carbonyl (C=O) groups excluding carboxylic acids is 1. The lowest BCUT2D eigenvalue weighted by molar-refractivity contribution is -0.0758. The van der Waals surface area contributed by atoms with Crippen molar-refractivity contribution >= 4 is 6.03 Å². The number of nitrogens with zero attached hydrogens (tertiary/aromatic N) is 2. The van der Waals surface area contributed by atoms with Crippen LogP contribution < -0.4 is 10.1 Å². The number of methoxy groups -OCH3 is 1. The first-order valence-electron chi connectivity index (χ1n) is 11.1. The van der Waals surface area contributed by atoms with Crippen molar-refractivity contribution < 1.29 is 19.7 Å². The van der Waals surface area contributed by atoms with E-state index in [1.165, 1.54) is 0 Å². The fraction of sp³-hybridized carbons (Fsp3) is 0.625. The Hall–Kier alpha value is -2.25. The van der Waals surface area contributed by atoms with Gasteiger partial charge in [0.15, 0.2) is 0 Å². The first kappa shape index (κ1) is 25.0. The summed E-state index contributed by atoms with van der Waals surface area (Å²) in [6.07, 6.45) is 2.75. The van der Waals surface area contributed by atoms with E-state index in [2.05, 4.69) is 18.8 Å². The molecule has 2 amide bonds. The second-order valence-corrected chi connectivity index (χ2v) is 8.88. The Kier molecular flexibility index (Phi) is 9.19. The predicted octanol–water partition coefficient (Wildman–Crippen LogP) is 3.35. The highest BCUT2D eigenvalue weighted by atomic mass is 16.5. The van der Waals surface area contributed by atoms with E-state index in [9.17, 15) is 15.0 Å². The van der Waals surface area contributed by atoms with E-state index in [4.69, 9.17) is 4.74 Å². The lowest BCUT2D eigenvalue weighted by atomic mass is 9.75.